The number of aromatic nitrogens is 3. The monoisotopic (exact) mass is 833 g/mol. The van der Waals surface area contributed by atoms with E-state index in [2.05, 4.69) is 172 Å². The lowest BCUT2D eigenvalue weighted by Gasteiger charge is -2.24. The fraction of sp³-hybridized carbons (Fsp3) is 0.0500. The van der Waals surface area contributed by atoms with Gasteiger partial charge in [-0.3, -0.25) is 0 Å². The third kappa shape index (κ3) is 5.97. The highest BCUT2D eigenvalue weighted by molar-refractivity contribution is 6.13. The van der Waals surface area contributed by atoms with Crippen LogP contribution in [0.25, 0.3) is 123 Å². The van der Waals surface area contributed by atoms with Gasteiger partial charge in [-0.2, -0.15) is 0 Å². The molecule has 1 aliphatic rings. The minimum absolute atomic E-state index is 0.122. The summed E-state index contributed by atoms with van der Waals surface area (Å²) in [6, 6.07) is 70.2. The second-order valence-electron chi connectivity index (χ2n) is 17.5. The van der Waals surface area contributed by atoms with Gasteiger partial charge in [-0.05, 0) is 104 Å². The Morgan fingerprint density at radius 2 is 0.862 bits per heavy atom. The van der Waals surface area contributed by atoms with Gasteiger partial charge in [0.15, 0.2) is 17.5 Å². The van der Waals surface area contributed by atoms with Gasteiger partial charge in [0.25, 0.3) is 0 Å². The van der Waals surface area contributed by atoms with E-state index >= 15 is 0 Å². The lowest BCUT2D eigenvalue weighted by Crippen LogP contribution is -2.16. The van der Waals surface area contributed by atoms with Gasteiger partial charge in [0, 0.05) is 43.7 Å². The number of para-hydroxylation sites is 1. The minimum Gasteiger partial charge on any atom is -0.456 e. The molecule has 3 aromatic heterocycles. The first-order valence-corrected chi connectivity index (χ1v) is 22.1. The summed E-state index contributed by atoms with van der Waals surface area (Å²) in [7, 11) is 0. The Kier molecular flexibility index (Phi) is 8.18. The summed E-state index contributed by atoms with van der Waals surface area (Å²) >= 11 is 0. The molecular weight excluding hydrogens is 795 g/mol. The van der Waals surface area contributed by atoms with E-state index in [1.165, 1.54) is 33.4 Å². The number of rotatable bonds is 6. The van der Waals surface area contributed by atoms with Crippen LogP contribution in [0.15, 0.2) is 209 Å². The van der Waals surface area contributed by atoms with Gasteiger partial charge in [0.05, 0.1) is 0 Å². The summed E-state index contributed by atoms with van der Waals surface area (Å²) in [6.45, 7) is 4.69. The SMILES string of the molecule is CC1(C)c2ccccc2-c2cccc(-c3cccc(-c4ccc5oc6cccc(-c7nc(-c8cccc(-c9ccccc9)c8)nc(-c8ccc9c(c8)oc8ccccc89)n7)c6c5c4)c3)c21. The fourth-order valence-corrected chi connectivity index (χ4v) is 10.2. The normalized spacial score (nSPS) is 12.9. The summed E-state index contributed by atoms with van der Waals surface area (Å²) in [5.74, 6) is 1.69. The van der Waals surface area contributed by atoms with Crippen molar-refractivity contribution in [3.8, 4) is 78.7 Å². The summed E-state index contributed by atoms with van der Waals surface area (Å²) < 4.78 is 12.9. The van der Waals surface area contributed by atoms with Crippen molar-refractivity contribution in [3.05, 3.63) is 211 Å². The van der Waals surface area contributed by atoms with E-state index < -0.39 is 0 Å². The molecule has 0 spiro atoms. The highest BCUT2D eigenvalue weighted by atomic mass is 16.3. The van der Waals surface area contributed by atoms with E-state index in [4.69, 9.17) is 23.8 Å². The second-order valence-corrected chi connectivity index (χ2v) is 17.5. The molecule has 65 heavy (non-hydrogen) atoms. The molecule has 12 aromatic rings. The zero-order chi connectivity index (χ0) is 43.2. The molecular formula is C60H39N3O2. The van der Waals surface area contributed by atoms with Crippen LogP contribution < -0.4 is 0 Å². The standard InChI is InChI=1S/C60H39N3O2/c1-60(2)50-25-8-6-20-44(50)47-23-12-22-43(56(47)60)40-18-10-17-38(32-40)39-29-31-52-49(34-39)55-48(24-13-27-53(55)64-52)59-62-57(41-19-11-16-37(33-41)36-14-4-3-5-15-36)61-58(63-59)42-28-30-46-45-21-7-9-26-51(45)65-54(46)35-42/h3-35H,1-2H3. The molecule has 1 aliphatic carbocycles. The molecule has 5 heteroatoms. The Morgan fingerprint density at radius 1 is 0.323 bits per heavy atom. The molecule has 0 radical (unpaired) electrons. The smallest absolute Gasteiger partial charge is 0.164 e. The largest absolute Gasteiger partial charge is 0.456 e. The zero-order valence-electron chi connectivity index (χ0n) is 35.7. The molecule has 306 valence electrons. The lowest BCUT2D eigenvalue weighted by atomic mass is 9.78. The van der Waals surface area contributed by atoms with Crippen LogP contribution in [0, 0.1) is 0 Å². The van der Waals surface area contributed by atoms with E-state index in [-0.39, 0.29) is 5.41 Å². The predicted molar refractivity (Wildman–Crippen MR) is 265 cm³/mol. The lowest BCUT2D eigenvalue weighted by molar-refractivity contribution is 0.662. The Hall–Kier alpha value is -8.41. The van der Waals surface area contributed by atoms with Crippen molar-refractivity contribution in [2.45, 2.75) is 19.3 Å². The summed E-state index contributed by atoms with van der Waals surface area (Å²) in [6.07, 6.45) is 0. The maximum absolute atomic E-state index is 6.59. The maximum atomic E-state index is 6.59. The first-order valence-electron chi connectivity index (χ1n) is 22.1. The van der Waals surface area contributed by atoms with Gasteiger partial charge in [-0.15, -0.1) is 0 Å². The summed E-state index contributed by atoms with van der Waals surface area (Å²) in [5, 5.41) is 4.07. The van der Waals surface area contributed by atoms with Crippen molar-refractivity contribution in [2.24, 2.45) is 0 Å². The van der Waals surface area contributed by atoms with Crippen LogP contribution in [0.3, 0.4) is 0 Å². The molecule has 0 saturated heterocycles. The Morgan fingerprint density at radius 3 is 1.74 bits per heavy atom. The molecule has 9 aromatic carbocycles. The minimum atomic E-state index is -0.122. The Labute approximate surface area is 375 Å². The molecule has 13 rings (SSSR count). The molecule has 0 bridgehead atoms. The third-order valence-corrected chi connectivity index (χ3v) is 13.3. The molecule has 0 unspecified atom stereocenters. The number of hydrogen-bond donors (Lipinski definition) is 0. The third-order valence-electron chi connectivity index (χ3n) is 13.3. The van der Waals surface area contributed by atoms with Gasteiger partial charge < -0.3 is 8.83 Å². The molecule has 3 heterocycles. The fourth-order valence-electron chi connectivity index (χ4n) is 10.2. The molecule has 0 saturated carbocycles. The quantitative estimate of drug-likeness (QED) is 0.167. The van der Waals surface area contributed by atoms with Crippen molar-refractivity contribution in [1.82, 2.24) is 15.0 Å². The highest BCUT2D eigenvalue weighted by Crippen LogP contribution is 2.52. The predicted octanol–water partition coefficient (Wildman–Crippen LogP) is 16.0. The van der Waals surface area contributed by atoms with Gasteiger partial charge >= 0.3 is 0 Å². The van der Waals surface area contributed by atoms with E-state index in [1.54, 1.807) is 0 Å². The molecule has 0 N–H and O–H groups in total. The molecule has 0 atom stereocenters. The van der Waals surface area contributed by atoms with Crippen LogP contribution in [-0.2, 0) is 5.41 Å². The first kappa shape index (κ1) is 37.2. The summed E-state index contributed by atoms with van der Waals surface area (Å²) in [4.78, 5) is 15.7. The average Bonchev–Trinajstić information content (AvgIpc) is 4.01. The van der Waals surface area contributed by atoms with Crippen LogP contribution in [0.5, 0.6) is 0 Å². The van der Waals surface area contributed by atoms with E-state index in [1.807, 2.05) is 42.5 Å². The number of benzene rings is 9. The van der Waals surface area contributed by atoms with E-state index in [9.17, 15) is 0 Å². The first-order chi connectivity index (χ1) is 31.9. The average molecular weight is 834 g/mol. The van der Waals surface area contributed by atoms with Crippen LogP contribution >= 0.6 is 0 Å². The highest BCUT2D eigenvalue weighted by Gasteiger charge is 2.37. The van der Waals surface area contributed by atoms with Gasteiger partial charge in [-0.25, -0.2) is 15.0 Å². The van der Waals surface area contributed by atoms with Crippen molar-refractivity contribution in [3.63, 3.8) is 0 Å². The molecule has 0 fully saturated rings. The van der Waals surface area contributed by atoms with Gasteiger partial charge in [-0.1, -0.05) is 166 Å². The van der Waals surface area contributed by atoms with Crippen LogP contribution in [0.2, 0.25) is 0 Å². The number of fused-ring (bicyclic) bond motifs is 9. The van der Waals surface area contributed by atoms with E-state index in [0.29, 0.717) is 17.5 Å². The van der Waals surface area contributed by atoms with Crippen molar-refractivity contribution in [1.29, 1.82) is 0 Å². The molecule has 5 nitrogen and oxygen atoms in total. The molecule has 0 aliphatic heterocycles. The number of nitrogens with zero attached hydrogens (tertiary/aromatic N) is 3. The number of furan rings is 2. The molecule has 0 amide bonds. The topological polar surface area (TPSA) is 65.0 Å². The van der Waals surface area contributed by atoms with Crippen LogP contribution in [0.1, 0.15) is 25.0 Å². The van der Waals surface area contributed by atoms with Crippen molar-refractivity contribution < 1.29 is 8.83 Å². The van der Waals surface area contributed by atoms with Crippen LogP contribution in [0.4, 0.5) is 0 Å². The van der Waals surface area contributed by atoms with Gasteiger partial charge in [0.1, 0.15) is 22.3 Å². The van der Waals surface area contributed by atoms with Crippen molar-refractivity contribution >= 4 is 43.9 Å². The zero-order valence-corrected chi connectivity index (χ0v) is 35.7. The second kappa shape index (κ2) is 14.3. The van der Waals surface area contributed by atoms with E-state index in [0.717, 1.165) is 82.8 Å². The Balaban J connectivity index is 0.964. The van der Waals surface area contributed by atoms with Gasteiger partial charge in [0.2, 0.25) is 0 Å². The van der Waals surface area contributed by atoms with Crippen molar-refractivity contribution in [2.75, 3.05) is 0 Å². The Bertz CT molecular complexity index is 3880. The summed E-state index contributed by atoms with van der Waals surface area (Å²) in [5.41, 5.74) is 17.9. The maximum Gasteiger partial charge on any atom is 0.164 e. The number of hydrogen-bond acceptors (Lipinski definition) is 5. The van der Waals surface area contributed by atoms with Crippen LogP contribution in [-0.4, -0.2) is 15.0 Å².